The Morgan fingerprint density at radius 3 is 2.26 bits per heavy atom. The highest BCUT2D eigenvalue weighted by atomic mass is 16.3. The summed E-state index contributed by atoms with van der Waals surface area (Å²) < 4.78 is 1.49. The Balaban J connectivity index is 2.09. The normalized spacial score (nSPS) is 11.3. The number of benzene rings is 2. The van der Waals surface area contributed by atoms with Gasteiger partial charge in [-0.15, -0.1) is 0 Å². The Bertz CT molecular complexity index is 844. The molecule has 1 aromatic heterocycles. The molecule has 0 bridgehead atoms. The molecule has 3 rings (SSSR count). The van der Waals surface area contributed by atoms with Crippen molar-refractivity contribution in [1.82, 2.24) is 4.57 Å². The van der Waals surface area contributed by atoms with Crippen LogP contribution in [-0.2, 0) is 6.61 Å². The van der Waals surface area contributed by atoms with E-state index in [0.29, 0.717) is 5.56 Å². The first-order chi connectivity index (χ1) is 11.0. The summed E-state index contributed by atoms with van der Waals surface area (Å²) in [5, 5.41) is 21.6. The molecular formula is C19H19NO3. The van der Waals surface area contributed by atoms with Crippen LogP contribution in [0.2, 0.25) is 0 Å². The van der Waals surface area contributed by atoms with Crippen LogP contribution < -0.4 is 0 Å². The summed E-state index contributed by atoms with van der Waals surface area (Å²) in [6.45, 7) is 3.82. The van der Waals surface area contributed by atoms with Gasteiger partial charge in [0.25, 0.3) is 5.91 Å². The van der Waals surface area contributed by atoms with E-state index < -0.39 is 0 Å². The van der Waals surface area contributed by atoms with Gasteiger partial charge in [0, 0.05) is 12.4 Å². The molecule has 0 aliphatic heterocycles. The van der Waals surface area contributed by atoms with Crippen molar-refractivity contribution in [2.45, 2.75) is 26.4 Å². The van der Waals surface area contributed by atoms with Gasteiger partial charge in [-0.1, -0.05) is 38.1 Å². The number of nitrogens with zero attached hydrogens (tertiary/aromatic N) is 1. The molecule has 0 spiro atoms. The average Bonchev–Trinajstić information content (AvgIpc) is 2.97. The number of fused-ring (bicyclic) bond motifs is 1. The fraction of sp³-hybridized carbons (Fsp3) is 0.211. The summed E-state index contributed by atoms with van der Waals surface area (Å²) >= 11 is 0. The minimum atomic E-state index is -0.287. The first kappa shape index (κ1) is 15.3. The van der Waals surface area contributed by atoms with Gasteiger partial charge in [-0.05, 0) is 39.9 Å². The molecular weight excluding hydrogens is 290 g/mol. The smallest absolute Gasteiger partial charge is 0.265 e. The molecule has 0 unspecified atom stereocenters. The van der Waals surface area contributed by atoms with E-state index in [1.165, 1.54) is 10.6 Å². The molecule has 0 aliphatic rings. The number of phenolic OH excluding ortho intramolecular Hbond substituents is 1. The first-order valence-corrected chi connectivity index (χ1v) is 7.59. The second kappa shape index (κ2) is 5.89. The van der Waals surface area contributed by atoms with Crippen molar-refractivity contribution in [3.63, 3.8) is 0 Å². The highest BCUT2D eigenvalue weighted by Crippen LogP contribution is 2.29. The number of carbonyl (C=O) groups is 1. The largest absolute Gasteiger partial charge is 0.507 e. The number of aliphatic hydroxyl groups excluding tert-OH is 1. The molecule has 2 N–H and O–H groups in total. The molecule has 2 aromatic carbocycles. The third kappa shape index (κ3) is 2.73. The molecule has 0 amide bonds. The Hall–Kier alpha value is -2.59. The molecule has 0 atom stereocenters. The predicted octanol–water partition coefficient (Wildman–Crippen LogP) is 3.65. The van der Waals surface area contributed by atoms with E-state index in [4.69, 9.17) is 0 Å². The van der Waals surface area contributed by atoms with Crippen LogP contribution in [-0.4, -0.2) is 20.7 Å². The maximum atomic E-state index is 12.8. The molecule has 23 heavy (non-hydrogen) atoms. The van der Waals surface area contributed by atoms with Gasteiger partial charge in [0.15, 0.2) is 0 Å². The van der Waals surface area contributed by atoms with Gasteiger partial charge < -0.3 is 10.2 Å². The molecule has 0 radical (unpaired) electrons. The third-order valence-corrected chi connectivity index (χ3v) is 4.07. The van der Waals surface area contributed by atoms with E-state index in [0.717, 1.165) is 16.3 Å². The predicted molar refractivity (Wildman–Crippen MR) is 89.8 cm³/mol. The van der Waals surface area contributed by atoms with Gasteiger partial charge in [0.1, 0.15) is 5.75 Å². The van der Waals surface area contributed by atoms with Crippen LogP contribution in [0.3, 0.4) is 0 Å². The van der Waals surface area contributed by atoms with Crippen LogP contribution in [0.25, 0.3) is 10.8 Å². The number of aromatic nitrogens is 1. The van der Waals surface area contributed by atoms with E-state index in [9.17, 15) is 15.0 Å². The van der Waals surface area contributed by atoms with E-state index >= 15 is 0 Å². The Labute approximate surface area is 134 Å². The Kier molecular flexibility index (Phi) is 3.92. The quantitative estimate of drug-likeness (QED) is 0.776. The average molecular weight is 309 g/mol. The van der Waals surface area contributed by atoms with Crippen molar-refractivity contribution in [2.75, 3.05) is 0 Å². The zero-order valence-corrected chi connectivity index (χ0v) is 13.2. The Morgan fingerprint density at radius 2 is 1.74 bits per heavy atom. The van der Waals surface area contributed by atoms with Crippen LogP contribution in [0.4, 0.5) is 0 Å². The number of rotatable bonds is 3. The molecule has 0 saturated carbocycles. The van der Waals surface area contributed by atoms with Crippen LogP contribution >= 0.6 is 0 Å². The van der Waals surface area contributed by atoms with Gasteiger partial charge in [-0.3, -0.25) is 9.36 Å². The zero-order chi connectivity index (χ0) is 16.6. The molecule has 4 nitrogen and oxygen atoms in total. The van der Waals surface area contributed by atoms with Crippen LogP contribution in [0.1, 0.15) is 41.3 Å². The lowest BCUT2D eigenvalue weighted by Gasteiger charge is -2.14. The first-order valence-electron chi connectivity index (χ1n) is 7.59. The monoisotopic (exact) mass is 309 g/mol. The SMILES string of the molecule is CC(C)c1cc(C(=O)n2cc3ccccc3c2)c(O)cc1CO. The minimum absolute atomic E-state index is 0.110. The summed E-state index contributed by atoms with van der Waals surface area (Å²) in [4.78, 5) is 12.8. The summed E-state index contributed by atoms with van der Waals surface area (Å²) in [6.07, 6.45) is 3.51. The van der Waals surface area contributed by atoms with Crippen molar-refractivity contribution in [2.24, 2.45) is 0 Å². The zero-order valence-electron chi connectivity index (χ0n) is 13.2. The number of aliphatic hydroxyl groups is 1. The fourth-order valence-electron chi connectivity index (χ4n) is 2.83. The van der Waals surface area contributed by atoms with Crippen LogP contribution in [0.5, 0.6) is 5.75 Å². The summed E-state index contributed by atoms with van der Waals surface area (Å²) in [7, 11) is 0. The number of carbonyl (C=O) groups excluding carboxylic acids is 1. The van der Waals surface area contributed by atoms with Crippen molar-refractivity contribution in [3.05, 3.63) is 65.5 Å². The number of hydrogen-bond donors (Lipinski definition) is 2. The lowest BCUT2D eigenvalue weighted by Crippen LogP contribution is -2.11. The van der Waals surface area contributed by atoms with Crippen molar-refractivity contribution < 1.29 is 15.0 Å². The highest BCUT2D eigenvalue weighted by molar-refractivity contribution is 6.01. The van der Waals surface area contributed by atoms with Gasteiger partial charge in [0.05, 0.1) is 12.2 Å². The van der Waals surface area contributed by atoms with Gasteiger partial charge in [-0.2, -0.15) is 0 Å². The number of phenols is 1. The molecule has 0 aliphatic carbocycles. The number of aromatic hydroxyl groups is 1. The summed E-state index contributed by atoms with van der Waals surface area (Å²) in [5.41, 5.74) is 1.75. The van der Waals surface area contributed by atoms with E-state index in [2.05, 4.69) is 0 Å². The van der Waals surface area contributed by atoms with Gasteiger partial charge in [0.2, 0.25) is 0 Å². The topological polar surface area (TPSA) is 62.5 Å². The molecule has 0 saturated heterocycles. The third-order valence-electron chi connectivity index (χ3n) is 4.07. The lowest BCUT2D eigenvalue weighted by molar-refractivity contribution is 0.0957. The second-order valence-electron chi connectivity index (χ2n) is 5.98. The standard InChI is InChI=1S/C19H19NO3/c1-12(2)16-8-17(18(22)7-15(16)11-21)19(23)20-9-13-5-3-4-6-14(13)10-20/h3-10,12,21-22H,11H2,1-2H3. The van der Waals surface area contributed by atoms with Crippen molar-refractivity contribution in [1.29, 1.82) is 0 Å². The molecule has 118 valence electrons. The molecule has 1 heterocycles. The van der Waals surface area contributed by atoms with E-state index in [-0.39, 0.29) is 29.7 Å². The maximum absolute atomic E-state index is 12.8. The maximum Gasteiger partial charge on any atom is 0.265 e. The fourth-order valence-corrected chi connectivity index (χ4v) is 2.83. The van der Waals surface area contributed by atoms with E-state index in [1.54, 1.807) is 18.5 Å². The number of hydrogen-bond acceptors (Lipinski definition) is 3. The van der Waals surface area contributed by atoms with E-state index in [1.807, 2.05) is 38.1 Å². The summed E-state index contributed by atoms with van der Waals surface area (Å²) in [5.74, 6) is -0.251. The molecule has 0 fully saturated rings. The lowest BCUT2D eigenvalue weighted by atomic mass is 9.94. The van der Waals surface area contributed by atoms with Gasteiger partial charge >= 0.3 is 0 Å². The molecule has 3 aromatic rings. The van der Waals surface area contributed by atoms with Gasteiger partial charge in [-0.25, -0.2) is 0 Å². The van der Waals surface area contributed by atoms with Crippen molar-refractivity contribution in [3.8, 4) is 5.75 Å². The van der Waals surface area contributed by atoms with Crippen LogP contribution in [0.15, 0.2) is 48.8 Å². The van der Waals surface area contributed by atoms with Crippen LogP contribution in [0, 0.1) is 0 Å². The second-order valence-corrected chi connectivity index (χ2v) is 5.98. The molecule has 4 heteroatoms. The summed E-state index contributed by atoms with van der Waals surface area (Å²) in [6, 6.07) is 10.9. The van der Waals surface area contributed by atoms with Crippen molar-refractivity contribution >= 4 is 16.7 Å². The Morgan fingerprint density at radius 1 is 1.13 bits per heavy atom. The minimum Gasteiger partial charge on any atom is -0.507 e. The highest BCUT2D eigenvalue weighted by Gasteiger charge is 2.18.